The van der Waals surface area contributed by atoms with Crippen LogP contribution < -0.4 is 0 Å². The van der Waals surface area contributed by atoms with Crippen molar-refractivity contribution in [3.8, 4) is 5.69 Å². The molecular weight excluding hydrogens is 228 g/mol. The fourth-order valence-corrected chi connectivity index (χ4v) is 1.35. The number of benzene rings is 1. The maximum atomic E-state index is 12.3. The van der Waals surface area contributed by atoms with Crippen LogP contribution in [0.25, 0.3) is 5.69 Å². The van der Waals surface area contributed by atoms with E-state index in [4.69, 9.17) is 0 Å². The van der Waals surface area contributed by atoms with Gasteiger partial charge in [0.25, 0.3) is 6.43 Å². The van der Waals surface area contributed by atoms with Gasteiger partial charge in [0, 0.05) is 5.56 Å². The molecule has 0 unspecified atom stereocenters. The maximum Gasteiger partial charge on any atom is 0.283 e. The first-order chi connectivity index (χ1) is 8.08. The Morgan fingerprint density at radius 3 is 2.41 bits per heavy atom. The second-order valence-corrected chi connectivity index (χ2v) is 3.49. The van der Waals surface area contributed by atoms with Crippen molar-refractivity contribution in [3.63, 3.8) is 0 Å². The molecule has 6 heteroatoms. The van der Waals surface area contributed by atoms with E-state index in [0.29, 0.717) is 11.3 Å². The number of hydrogen-bond acceptors (Lipinski definition) is 3. The van der Waals surface area contributed by atoms with Gasteiger partial charge >= 0.3 is 0 Å². The normalized spacial score (nSPS) is 10.8. The van der Waals surface area contributed by atoms with Crippen molar-refractivity contribution in [1.29, 1.82) is 0 Å². The SMILES string of the molecule is CC(=O)c1ccc(-n2cc(C(F)F)nn2)cc1. The number of ketones is 1. The first kappa shape index (κ1) is 11.4. The molecule has 1 aromatic heterocycles. The average molecular weight is 237 g/mol. The molecule has 0 radical (unpaired) electrons. The van der Waals surface area contributed by atoms with Gasteiger partial charge in [0.05, 0.1) is 11.9 Å². The maximum absolute atomic E-state index is 12.3. The van der Waals surface area contributed by atoms with Gasteiger partial charge in [0.2, 0.25) is 0 Å². The van der Waals surface area contributed by atoms with Crippen molar-refractivity contribution in [1.82, 2.24) is 15.0 Å². The molecule has 0 spiro atoms. The van der Waals surface area contributed by atoms with Gasteiger partial charge in [0.1, 0.15) is 5.69 Å². The van der Waals surface area contributed by atoms with Crippen molar-refractivity contribution in [2.45, 2.75) is 13.3 Å². The zero-order chi connectivity index (χ0) is 12.4. The molecule has 88 valence electrons. The monoisotopic (exact) mass is 237 g/mol. The standard InChI is InChI=1S/C11H9F2N3O/c1-7(17)8-2-4-9(5-3-8)16-6-10(11(12)13)14-15-16/h2-6,11H,1H3. The summed E-state index contributed by atoms with van der Waals surface area (Å²) in [6.07, 6.45) is -1.48. The number of carbonyl (C=O) groups excluding carboxylic acids is 1. The van der Waals surface area contributed by atoms with E-state index < -0.39 is 6.43 Å². The lowest BCUT2D eigenvalue weighted by Crippen LogP contribution is -1.97. The Hall–Kier alpha value is -2.11. The summed E-state index contributed by atoms with van der Waals surface area (Å²) >= 11 is 0. The number of nitrogens with zero attached hydrogens (tertiary/aromatic N) is 3. The van der Waals surface area contributed by atoms with Crippen molar-refractivity contribution in [3.05, 3.63) is 41.7 Å². The van der Waals surface area contributed by atoms with Gasteiger partial charge in [-0.3, -0.25) is 4.79 Å². The first-order valence-corrected chi connectivity index (χ1v) is 4.89. The number of rotatable bonds is 3. The highest BCUT2D eigenvalue weighted by molar-refractivity contribution is 5.94. The van der Waals surface area contributed by atoms with E-state index in [-0.39, 0.29) is 11.5 Å². The van der Waals surface area contributed by atoms with Crippen molar-refractivity contribution in [2.75, 3.05) is 0 Å². The van der Waals surface area contributed by atoms with Gasteiger partial charge in [-0.1, -0.05) is 5.21 Å². The third-order valence-electron chi connectivity index (χ3n) is 2.27. The Labute approximate surface area is 95.9 Å². The molecule has 0 fully saturated rings. The van der Waals surface area contributed by atoms with E-state index in [1.165, 1.54) is 11.6 Å². The largest absolute Gasteiger partial charge is 0.295 e. The number of aromatic nitrogens is 3. The number of hydrogen-bond donors (Lipinski definition) is 0. The lowest BCUT2D eigenvalue weighted by atomic mass is 10.1. The van der Waals surface area contributed by atoms with Crippen LogP contribution in [0, 0.1) is 0 Å². The summed E-state index contributed by atoms with van der Waals surface area (Å²) in [5, 5.41) is 6.93. The van der Waals surface area contributed by atoms with Gasteiger partial charge in [-0.05, 0) is 31.2 Å². The second-order valence-electron chi connectivity index (χ2n) is 3.49. The molecule has 0 saturated heterocycles. The molecule has 0 bridgehead atoms. The molecule has 2 rings (SSSR count). The summed E-state index contributed by atoms with van der Waals surface area (Å²) in [4.78, 5) is 11.1. The predicted molar refractivity (Wildman–Crippen MR) is 56.3 cm³/mol. The summed E-state index contributed by atoms with van der Waals surface area (Å²) in [6.45, 7) is 1.46. The molecule has 0 atom stereocenters. The minimum atomic E-state index is -2.64. The Morgan fingerprint density at radius 1 is 1.29 bits per heavy atom. The molecular formula is C11H9F2N3O. The van der Waals surface area contributed by atoms with E-state index in [1.54, 1.807) is 24.3 Å². The average Bonchev–Trinajstić information content (AvgIpc) is 2.78. The van der Waals surface area contributed by atoms with Crippen LogP contribution in [0.4, 0.5) is 8.78 Å². The third-order valence-corrected chi connectivity index (χ3v) is 2.27. The summed E-state index contributed by atoms with van der Waals surface area (Å²) in [6, 6.07) is 6.48. The summed E-state index contributed by atoms with van der Waals surface area (Å²) in [5.74, 6) is -0.0524. The predicted octanol–water partition coefficient (Wildman–Crippen LogP) is 2.41. The van der Waals surface area contributed by atoms with Gasteiger partial charge < -0.3 is 0 Å². The second kappa shape index (κ2) is 4.40. The topological polar surface area (TPSA) is 47.8 Å². The van der Waals surface area contributed by atoms with E-state index >= 15 is 0 Å². The molecule has 0 aliphatic heterocycles. The zero-order valence-corrected chi connectivity index (χ0v) is 8.97. The van der Waals surface area contributed by atoms with Crippen LogP contribution in [-0.2, 0) is 0 Å². The highest BCUT2D eigenvalue weighted by Crippen LogP contribution is 2.16. The highest BCUT2D eigenvalue weighted by Gasteiger charge is 2.12. The number of halogens is 2. The fraction of sp³-hybridized carbons (Fsp3) is 0.182. The molecule has 0 aliphatic rings. The summed E-state index contributed by atoms with van der Waals surface area (Å²) < 4.78 is 25.9. The van der Waals surface area contributed by atoms with Crippen LogP contribution in [-0.4, -0.2) is 20.8 Å². The molecule has 1 heterocycles. The van der Waals surface area contributed by atoms with Gasteiger partial charge in [-0.2, -0.15) is 0 Å². The van der Waals surface area contributed by atoms with Crippen molar-refractivity contribution < 1.29 is 13.6 Å². The minimum Gasteiger partial charge on any atom is -0.295 e. The van der Waals surface area contributed by atoms with E-state index in [2.05, 4.69) is 10.3 Å². The lowest BCUT2D eigenvalue weighted by Gasteiger charge is -2.00. The third kappa shape index (κ3) is 2.35. The van der Waals surface area contributed by atoms with Gasteiger partial charge in [-0.25, -0.2) is 13.5 Å². The molecule has 1 aromatic carbocycles. The molecule has 0 saturated carbocycles. The molecule has 0 aliphatic carbocycles. The van der Waals surface area contributed by atoms with Crippen LogP contribution in [0.2, 0.25) is 0 Å². The Morgan fingerprint density at radius 2 is 1.94 bits per heavy atom. The van der Waals surface area contributed by atoms with E-state index in [0.717, 1.165) is 6.20 Å². The van der Waals surface area contributed by atoms with Crippen molar-refractivity contribution >= 4 is 5.78 Å². The smallest absolute Gasteiger partial charge is 0.283 e. The Bertz CT molecular complexity index is 534. The first-order valence-electron chi connectivity index (χ1n) is 4.89. The minimum absolute atomic E-state index is 0.0524. The molecule has 2 aromatic rings. The van der Waals surface area contributed by atoms with Crippen LogP contribution in [0.5, 0.6) is 0 Å². The Balaban J connectivity index is 2.30. The van der Waals surface area contributed by atoms with Crippen LogP contribution >= 0.6 is 0 Å². The fourth-order valence-electron chi connectivity index (χ4n) is 1.35. The summed E-state index contributed by atoms with van der Waals surface area (Å²) in [7, 11) is 0. The van der Waals surface area contributed by atoms with Gasteiger partial charge in [-0.15, -0.1) is 5.10 Å². The number of carbonyl (C=O) groups is 1. The van der Waals surface area contributed by atoms with Gasteiger partial charge in [0.15, 0.2) is 5.78 Å². The quantitative estimate of drug-likeness (QED) is 0.770. The summed E-state index contributed by atoms with van der Waals surface area (Å²) in [5.41, 5.74) is 0.762. The number of alkyl halides is 2. The molecule has 17 heavy (non-hydrogen) atoms. The molecule has 0 amide bonds. The van der Waals surface area contributed by atoms with Crippen molar-refractivity contribution in [2.24, 2.45) is 0 Å². The molecule has 4 nitrogen and oxygen atoms in total. The highest BCUT2D eigenvalue weighted by atomic mass is 19.3. The number of Topliss-reactive ketones (excluding diaryl/α,β-unsaturated/α-hetero) is 1. The van der Waals surface area contributed by atoms with Crippen LogP contribution in [0.3, 0.4) is 0 Å². The van der Waals surface area contributed by atoms with E-state index in [1.807, 2.05) is 0 Å². The lowest BCUT2D eigenvalue weighted by molar-refractivity contribution is 0.101. The zero-order valence-electron chi connectivity index (χ0n) is 8.97. The van der Waals surface area contributed by atoms with Crippen LogP contribution in [0.1, 0.15) is 29.4 Å². The Kier molecular flexibility index (Phi) is 2.95. The van der Waals surface area contributed by atoms with E-state index in [9.17, 15) is 13.6 Å². The van der Waals surface area contributed by atoms with Crippen LogP contribution in [0.15, 0.2) is 30.5 Å². The molecule has 0 N–H and O–H groups in total.